The number of fused-ring (bicyclic) bond motifs is 14. The van der Waals surface area contributed by atoms with Gasteiger partial charge in [0, 0.05) is 12.6 Å². The minimum absolute atomic E-state index is 0.400. The monoisotopic (exact) mass is 622 g/mol. The first-order valence-corrected chi connectivity index (χ1v) is 17.0. The smallest absolute Gasteiger partial charge is 0.140 e. The van der Waals surface area contributed by atoms with Crippen LogP contribution >= 0.6 is 0 Å². The van der Waals surface area contributed by atoms with E-state index in [2.05, 4.69) is 175 Å². The highest BCUT2D eigenvalue weighted by atomic mass is 15.1. The van der Waals surface area contributed by atoms with Crippen LogP contribution < -0.4 is 0 Å². The van der Waals surface area contributed by atoms with E-state index in [1.165, 1.54) is 77.2 Å². The van der Waals surface area contributed by atoms with Crippen LogP contribution in [0.2, 0.25) is 0 Å². The Morgan fingerprint density at radius 2 is 1.14 bits per heavy atom. The number of aromatic nitrogens is 2. The van der Waals surface area contributed by atoms with E-state index in [0.29, 0.717) is 0 Å². The van der Waals surface area contributed by atoms with Crippen LogP contribution in [0.15, 0.2) is 164 Å². The highest BCUT2D eigenvalue weighted by molar-refractivity contribution is 6.06. The molecule has 228 valence electrons. The van der Waals surface area contributed by atoms with Gasteiger partial charge in [0.15, 0.2) is 0 Å². The molecule has 2 heteroatoms. The number of nitrogens with zero attached hydrogens (tertiary/aromatic N) is 2. The van der Waals surface area contributed by atoms with E-state index in [1.807, 2.05) is 0 Å². The Hall–Kier alpha value is -6.25. The predicted octanol–water partition coefficient (Wildman–Crippen LogP) is 11.6. The second kappa shape index (κ2) is 9.65. The summed E-state index contributed by atoms with van der Waals surface area (Å²) < 4.78 is 2.19. The Kier molecular flexibility index (Phi) is 5.28. The summed E-state index contributed by atoms with van der Waals surface area (Å²) in [4.78, 5) is 4.99. The fourth-order valence-electron chi connectivity index (χ4n) is 9.08. The summed E-state index contributed by atoms with van der Waals surface area (Å²) in [6, 6.07) is 60.8. The molecule has 0 N–H and O–H groups in total. The Morgan fingerprint density at radius 1 is 0.449 bits per heavy atom. The van der Waals surface area contributed by atoms with Gasteiger partial charge < -0.3 is 4.57 Å². The molecule has 0 radical (unpaired) electrons. The van der Waals surface area contributed by atoms with Crippen molar-refractivity contribution < 1.29 is 0 Å². The molecule has 0 saturated heterocycles. The lowest BCUT2D eigenvalue weighted by atomic mass is 9.69. The van der Waals surface area contributed by atoms with Gasteiger partial charge in [0.1, 0.15) is 5.82 Å². The van der Waals surface area contributed by atoms with Gasteiger partial charge in [-0.05, 0) is 114 Å². The van der Waals surface area contributed by atoms with Gasteiger partial charge in [-0.1, -0.05) is 127 Å². The van der Waals surface area contributed by atoms with E-state index in [4.69, 9.17) is 4.98 Å². The highest BCUT2D eigenvalue weighted by Crippen LogP contribution is 2.64. The Bertz CT molecular complexity index is 2810. The first-order valence-electron chi connectivity index (χ1n) is 17.0. The highest BCUT2D eigenvalue weighted by Gasteiger charge is 2.52. The third-order valence-electron chi connectivity index (χ3n) is 11.2. The molecule has 2 aliphatic carbocycles. The van der Waals surface area contributed by atoms with Crippen LogP contribution in [0.4, 0.5) is 0 Å². The summed E-state index contributed by atoms with van der Waals surface area (Å²) in [5.41, 5.74) is 16.1. The van der Waals surface area contributed by atoms with Crippen LogP contribution in [0.5, 0.6) is 0 Å². The zero-order chi connectivity index (χ0) is 32.3. The van der Waals surface area contributed by atoms with Crippen LogP contribution in [0.25, 0.3) is 77.3 Å². The number of imidazole rings is 1. The number of rotatable bonds is 2. The van der Waals surface area contributed by atoms with Gasteiger partial charge >= 0.3 is 0 Å². The summed E-state index contributed by atoms with van der Waals surface area (Å²) in [7, 11) is 2.10. The van der Waals surface area contributed by atoms with Gasteiger partial charge in [-0.15, -0.1) is 0 Å². The molecule has 0 bridgehead atoms. The summed E-state index contributed by atoms with van der Waals surface area (Å²) in [5, 5.41) is 5.11. The molecule has 1 spiro atoms. The minimum atomic E-state index is -0.400. The van der Waals surface area contributed by atoms with Gasteiger partial charge in [0.05, 0.1) is 16.4 Å². The molecule has 0 fully saturated rings. The molecule has 8 aromatic carbocycles. The molecule has 2 nitrogen and oxygen atoms in total. The molecular weight excluding hydrogens is 593 g/mol. The molecule has 1 aromatic heterocycles. The molecule has 49 heavy (non-hydrogen) atoms. The molecule has 0 unspecified atom stereocenters. The predicted molar refractivity (Wildman–Crippen MR) is 203 cm³/mol. The maximum absolute atomic E-state index is 4.99. The number of hydrogen-bond donors (Lipinski definition) is 0. The van der Waals surface area contributed by atoms with Crippen LogP contribution in [0, 0.1) is 0 Å². The number of benzene rings is 8. The molecule has 0 saturated carbocycles. The number of hydrogen-bond acceptors (Lipinski definition) is 1. The zero-order valence-electron chi connectivity index (χ0n) is 27.0. The standard InChI is InChI=1S/C47H30N2/c1-49-44-20-9-8-19-43(44)48-46(49)33-13-10-12-30(25-33)31-21-22-32-27-39-38-24-23-29-11-2-3-14-35(29)45(38)47(42(39)28-34(32)26-31)40-17-6-4-15-36(40)37-16-5-7-18-41(37)47/h2-28H,1H3. The van der Waals surface area contributed by atoms with E-state index < -0.39 is 5.41 Å². The lowest BCUT2D eigenvalue weighted by molar-refractivity contribution is 0.802. The van der Waals surface area contributed by atoms with Gasteiger partial charge in [-0.25, -0.2) is 4.98 Å². The van der Waals surface area contributed by atoms with Crippen molar-refractivity contribution in [3.05, 3.63) is 186 Å². The zero-order valence-corrected chi connectivity index (χ0v) is 27.0. The van der Waals surface area contributed by atoms with E-state index >= 15 is 0 Å². The number of para-hydroxylation sites is 2. The van der Waals surface area contributed by atoms with Crippen molar-refractivity contribution in [1.29, 1.82) is 0 Å². The van der Waals surface area contributed by atoms with Gasteiger partial charge in [0.2, 0.25) is 0 Å². The maximum Gasteiger partial charge on any atom is 0.140 e. The first kappa shape index (κ1) is 26.8. The van der Waals surface area contributed by atoms with Crippen molar-refractivity contribution in [2.75, 3.05) is 0 Å². The van der Waals surface area contributed by atoms with Crippen molar-refractivity contribution in [1.82, 2.24) is 9.55 Å². The normalized spacial score (nSPS) is 13.6. The average Bonchev–Trinajstić information content (AvgIpc) is 3.77. The molecule has 2 aliphatic rings. The van der Waals surface area contributed by atoms with Crippen LogP contribution in [0.3, 0.4) is 0 Å². The number of aryl methyl sites for hydroxylation is 1. The molecule has 0 aliphatic heterocycles. The molecule has 11 rings (SSSR count). The molecule has 0 atom stereocenters. The van der Waals surface area contributed by atoms with Crippen LogP contribution in [0.1, 0.15) is 22.3 Å². The van der Waals surface area contributed by atoms with Crippen molar-refractivity contribution in [3.63, 3.8) is 0 Å². The van der Waals surface area contributed by atoms with Crippen molar-refractivity contribution >= 4 is 32.6 Å². The van der Waals surface area contributed by atoms with Crippen molar-refractivity contribution in [2.24, 2.45) is 7.05 Å². The summed E-state index contributed by atoms with van der Waals surface area (Å²) in [6.07, 6.45) is 0. The van der Waals surface area contributed by atoms with Crippen molar-refractivity contribution in [2.45, 2.75) is 5.41 Å². The lowest BCUT2D eigenvalue weighted by Crippen LogP contribution is -2.26. The van der Waals surface area contributed by atoms with Crippen molar-refractivity contribution in [3.8, 4) is 44.8 Å². The van der Waals surface area contributed by atoms with Gasteiger partial charge in [0.25, 0.3) is 0 Å². The Morgan fingerprint density at radius 3 is 1.98 bits per heavy atom. The summed E-state index contributed by atoms with van der Waals surface area (Å²) >= 11 is 0. The van der Waals surface area contributed by atoms with E-state index in [-0.39, 0.29) is 0 Å². The van der Waals surface area contributed by atoms with Gasteiger partial charge in [-0.2, -0.15) is 0 Å². The molecule has 9 aromatic rings. The van der Waals surface area contributed by atoms with E-state index in [0.717, 1.165) is 22.4 Å². The lowest BCUT2D eigenvalue weighted by Gasteiger charge is -2.31. The van der Waals surface area contributed by atoms with Crippen LogP contribution in [-0.4, -0.2) is 9.55 Å². The van der Waals surface area contributed by atoms with E-state index in [9.17, 15) is 0 Å². The molecular formula is C47H30N2. The quantitative estimate of drug-likeness (QED) is 0.188. The second-order valence-electron chi connectivity index (χ2n) is 13.6. The topological polar surface area (TPSA) is 17.8 Å². The fourth-order valence-corrected chi connectivity index (χ4v) is 9.08. The Balaban J connectivity index is 1.16. The summed E-state index contributed by atoms with van der Waals surface area (Å²) in [5.74, 6) is 0.979. The third kappa shape index (κ3) is 3.48. The maximum atomic E-state index is 4.99. The Labute approximate surface area is 284 Å². The summed E-state index contributed by atoms with van der Waals surface area (Å²) in [6.45, 7) is 0. The van der Waals surface area contributed by atoms with Crippen LogP contribution in [-0.2, 0) is 12.5 Å². The molecule has 1 heterocycles. The first-order chi connectivity index (χ1) is 24.2. The minimum Gasteiger partial charge on any atom is -0.327 e. The van der Waals surface area contributed by atoms with Gasteiger partial charge in [-0.3, -0.25) is 0 Å². The third-order valence-corrected chi connectivity index (χ3v) is 11.2. The average molecular weight is 623 g/mol. The SMILES string of the molecule is Cn1c(-c2cccc(-c3ccc4cc5c(cc4c3)C3(c4ccccc4-c4ccccc43)c3c-5ccc4ccccc34)c2)nc2ccccc21. The second-order valence-corrected chi connectivity index (χ2v) is 13.6. The fraction of sp³-hybridized carbons (Fsp3) is 0.0426. The van der Waals surface area contributed by atoms with E-state index in [1.54, 1.807) is 0 Å². The largest absolute Gasteiger partial charge is 0.327 e. The molecule has 0 amide bonds.